The van der Waals surface area contributed by atoms with E-state index in [0.717, 1.165) is 12.2 Å². The summed E-state index contributed by atoms with van der Waals surface area (Å²) in [6, 6.07) is 14.3. The number of carbonyl (C=O) groups is 1. The average Bonchev–Trinajstić information content (AvgIpc) is 2.48. The first-order valence-corrected chi connectivity index (χ1v) is 7.04. The molecule has 1 amide bonds. The second-order valence-corrected chi connectivity index (χ2v) is 4.91. The first kappa shape index (κ1) is 15.1. The number of phenols is 1. The number of amides is 1. The molecule has 21 heavy (non-hydrogen) atoms. The van der Waals surface area contributed by atoms with Crippen molar-refractivity contribution < 1.29 is 9.90 Å². The molecule has 2 aromatic carbocycles. The fourth-order valence-electron chi connectivity index (χ4n) is 2.13. The summed E-state index contributed by atoms with van der Waals surface area (Å²) < 4.78 is 0. The molecule has 0 aromatic heterocycles. The van der Waals surface area contributed by atoms with E-state index in [1.165, 1.54) is 17.7 Å². The Morgan fingerprint density at radius 1 is 1.19 bits per heavy atom. The summed E-state index contributed by atoms with van der Waals surface area (Å²) in [5.41, 5.74) is 2.34. The molecule has 0 saturated carbocycles. The summed E-state index contributed by atoms with van der Waals surface area (Å²) in [5.74, 6) is -0.157. The van der Waals surface area contributed by atoms with Crippen LogP contribution in [0.15, 0.2) is 48.5 Å². The number of rotatable bonds is 5. The van der Waals surface area contributed by atoms with Crippen LogP contribution in [0.3, 0.4) is 0 Å². The van der Waals surface area contributed by atoms with Gasteiger partial charge >= 0.3 is 0 Å². The minimum absolute atomic E-state index is 0.0810. The first-order valence-electron chi connectivity index (χ1n) is 7.04. The van der Waals surface area contributed by atoms with Gasteiger partial charge in [-0.25, -0.2) is 0 Å². The average molecular weight is 284 g/mol. The molecule has 0 saturated heterocycles. The lowest BCUT2D eigenvalue weighted by atomic mass is 10.1. The van der Waals surface area contributed by atoms with Crippen molar-refractivity contribution in [3.63, 3.8) is 0 Å². The molecule has 0 heterocycles. The van der Waals surface area contributed by atoms with E-state index in [9.17, 15) is 9.90 Å². The summed E-state index contributed by atoms with van der Waals surface area (Å²) in [7, 11) is 0. The number of hydrogen-bond donors (Lipinski definition) is 3. The van der Waals surface area contributed by atoms with Crippen molar-refractivity contribution in [1.82, 2.24) is 5.32 Å². The van der Waals surface area contributed by atoms with Crippen molar-refractivity contribution >= 4 is 11.6 Å². The Kier molecular flexibility index (Phi) is 4.95. The molecular formula is C17H20N2O2. The van der Waals surface area contributed by atoms with Gasteiger partial charge in [-0.1, -0.05) is 25.1 Å². The highest BCUT2D eigenvalue weighted by Gasteiger charge is 2.08. The molecule has 1 unspecified atom stereocenters. The Morgan fingerprint density at radius 2 is 1.90 bits per heavy atom. The molecule has 0 radical (unpaired) electrons. The molecule has 0 aliphatic rings. The van der Waals surface area contributed by atoms with Crippen molar-refractivity contribution in [2.45, 2.75) is 19.9 Å². The molecule has 0 spiro atoms. The van der Waals surface area contributed by atoms with Gasteiger partial charge in [0.05, 0.1) is 0 Å². The van der Waals surface area contributed by atoms with Crippen molar-refractivity contribution in [1.29, 1.82) is 0 Å². The number of nitrogens with one attached hydrogen (secondary N) is 2. The zero-order valence-electron chi connectivity index (χ0n) is 12.3. The molecular weight excluding hydrogens is 264 g/mol. The van der Waals surface area contributed by atoms with Crippen LogP contribution in [0.4, 0.5) is 5.69 Å². The topological polar surface area (TPSA) is 61.4 Å². The zero-order chi connectivity index (χ0) is 15.2. The van der Waals surface area contributed by atoms with E-state index in [-0.39, 0.29) is 17.7 Å². The van der Waals surface area contributed by atoms with Gasteiger partial charge in [0.15, 0.2) is 0 Å². The van der Waals surface area contributed by atoms with Crippen LogP contribution in [0.2, 0.25) is 0 Å². The van der Waals surface area contributed by atoms with Gasteiger partial charge < -0.3 is 15.7 Å². The lowest BCUT2D eigenvalue weighted by Gasteiger charge is -2.13. The summed E-state index contributed by atoms with van der Waals surface area (Å²) in [6.45, 7) is 5.08. The minimum Gasteiger partial charge on any atom is -0.508 e. The van der Waals surface area contributed by atoms with E-state index in [1.54, 1.807) is 12.1 Å². The monoisotopic (exact) mass is 284 g/mol. The minimum atomic E-state index is -0.238. The molecule has 0 aliphatic carbocycles. The lowest BCUT2D eigenvalue weighted by Crippen LogP contribution is -2.17. The number of hydrogen-bond acceptors (Lipinski definition) is 3. The van der Waals surface area contributed by atoms with Crippen LogP contribution in [0.1, 0.15) is 35.8 Å². The fraction of sp³-hybridized carbons (Fsp3) is 0.235. The Hall–Kier alpha value is -2.33. The van der Waals surface area contributed by atoms with Crippen molar-refractivity contribution in [3.8, 4) is 5.75 Å². The maximum absolute atomic E-state index is 12.1. The number of aromatic hydroxyl groups is 1. The summed E-state index contributed by atoms with van der Waals surface area (Å²) in [5, 5.41) is 15.5. The van der Waals surface area contributed by atoms with Crippen molar-refractivity contribution in [3.05, 3.63) is 59.7 Å². The van der Waals surface area contributed by atoms with Crippen LogP contribution in [-0.4, -0.2) is 17.6 Å². The Bertz CT molecular complexity index is 608. The fourth-order valence-corrected chi connectivity index (χ4v) is 2.13. The second kappa shape index (κ2) is 6.90. The van der Waals surface area contributed by atoms with Crippen LogP contribution in [-0.2, 0) is 0 Å². The summed E-state index contributed by atoms with van der Waals surface area (Å²) in [6.07, 6.45) is 0. The van der Waals surface area contributed by atoms with Crippen molar-refractivity contribution in [2.75, 3.05) is 11.9 Å². The third-order valence-electron chi connectivity index (χ3n) is 3.29. The third-order valence-corrected chi connectivity index (χ3v) is 3.29. The van der Waals surface area contributed by atoms with Crippen molar-refractivity contribution in [2.24, 2.45) is 0 Å². The van der Waals surface area contributed by atoms with E-state index >= 15 is 0 Å². The van der Waals surface area contributed by atoms with Crippen LogP contribution in [0.25, 0.3) is 0 Å². The molecule has 1 atom stereocenters. The maximum Gasteiger partial charge on any atom is 0.255 e. The molecule has 3 N–H and O–H groups in total. The highest BCUT2D eigenvalue weighted by Crippen LogP contribution is 2.17. The molecule has 0 bridgehead atoms. The Morgan fingerprint density at radius 3 is 2.52 bits per heavy atom. The molecule has 110 valence electrons. The van der Waals surface area contributed by atoms with E-state index in [4.69, 9.17) is 0 Å². The van der Waals surface area contributed by atoms with Gasteiger partial charge in [-0.2, -0.15) is 0 Å². The van der Waals surface area contributed by atoms with Crippen LogP contribution < -0.4 is 10.6 Å². The molecule has 0 fully saturated rings. The highest BCUT2D eigenvalue weighted by atomic mass is 16.3. The molecule has 0 aliphatic heterocycles. The van der Waals surface area contributed by atoms with Gasteiger partial charge in [-0.3, -0.25) is 4.79 Å². The summed E-state index contributed by atoms with van der Waals surface area (Å²) >= 11 is 0. The molecule has 4 heteroatoms. The predicted octanol–water partition coefficient (Wildman–Crippen LogP) is 3.32. The normalized spacial score (nSPS) is 11.9. The summed E-state index contributed by atoms with van der Waals surface area (Å²) in [4.78, 5) is 12.1. The smallest absolute Gasteiger partial charge is 0.255 e. The standard InChI is InChI=1S/C17H20N2O2/c1-3-18-12(2)13-7-9-15(10-8-13)19-17(21)14-5-4-6-16(20)11-14/h4-12,18,20H,3H2,1-2H3,(H,19,21). The van der Waals surface area contributed by atoms with E-state index in [1.807, 2.05) is 24.3 Å². The van der Waals surface area contributed by atoms with Gasteiger partial charge in [0.2, 0.25) is 0 Å². The van der Waals surface area contributed by atoms with Gasteiger partial charge in [-0.15, -0.1) is 0 Å². The first-order chi connectivity index (χ1) is 10.1. The van der Waals surface area contributed by atoms with Crippen LogP contribution in [0.5, 0.6) is 5.75 Å². The maximum atomic E-state index is 12.1. The zero-order valence-corrected chi connectivity index (χ0v) is 12.3. The van der Waals surface area contributed by atoms with Gasteiger partial charge in [0, 0.05) is 17.3 Å². The third kappa shape index (κ3) is 4.07. The SMILES string of the molecule is CCNC(C)c1ccc(NC(=O)c2cccc(O)c2)cc1. The predicted molar refractivity (Wildman–Crippen MR) is 84.6 cm³/mol. The van der Waals surface area contributed by atoms with E-state index in [2.05, 4.69) is 24.5 Å². The number of anilines is 1. The lowest BCUT2D eigenvalue weighted by molar-refractivity contribution is 0.102. The van der Waals surface area contributed by atoms with Crippen LogP contribution in [0, 0.1) is 0 Å². The van der Waals surface area contributed by atoms with Gasteiger partial charge in [-0.05, 0) is 49.4 Å². The Labute approximate surface area is 124 Å². The van der Waals surface area contributed by atoms with E-state index < -0.39 is 0 Å². The Balaban J connectivity index is 2.05. The number of benzene rings is 2. The molecule has 4 nitrogen and oxygen atoms in total. The van der Waals surface area contributed by atoms with Gasteiger partial charge in [0.25, 0.3) is 5.91 Å². The molecule has 2 aromatic rings. The number of phenolic OH excluding ortho intramolecular Hbond substituents is 1. The second-order valence-electron chi connectivity index (χ2n) is 4.91. The van der Waals surface area contributed by atoms with Gasteiger partial charge in [0.1, 0.15) is 5.75 Å². The quantitative estimate of drug-likeness (QED) is 0.789. The van der Waals surface area contributed by atoms with Crippen LogP contribution >= 0.6 is 0 Å². The molecule has 2 rings (SSSR count). The highest BCUT2D eigenvalue weighted by molar-refractivity contribution is 6.04. The largest absolute Gasteiger partial charge is 0.508 e. The van der Waals surface area contributed by atoms with E-state index in [0.29, 0.717) is 5.56 Å². The number of carbonyl (C=O) groups excluding carboxylic acids is 1.